The standard InChI is InChI=1S/C47H52ClF3N8O7S/c1-4-57-19-20-65-29-34(57)26-53-41-10-7-36(24-42(41)59(61)62)67(63,64)55-45(60)38-9-6-33(23-43(38)66-35-21-30-12-14-52-44(30)54-27-35)58-17-15-56(16-18-58)28-31-11-13-46(2,3)25-39(31)37-8-5-32(22-40(37)48)47(49,50)51/h5-10,12,14,21-24,27,34,53H,4,11,13,15-20,25-26,28-29H2,1-3H3,(H,52,54)(H,55,60)/t34-/m1/s1. The van der Waals surface area contributed by atoms with E-state index in [1.165, 1.54) is 30.5 Å². The van der Waals surface area contributed by atoms with Crippen LogP contribution in [-0.2, 0) is 20.9 Å². The Morgan fingerprint density at radius 3 is 2.58 bits per heavy atom. The van der Waals surface area contributed by atoms with E-state index in [0.29, 0.717) is 81.6 Å². The number of amides is 1. The zero-order chi connectivity index (χ0) is 47.7. The average molecular weight is 965 g/mol. The van der Waals surface area contributed by atoms with Crippen molar-refractivity contribution in [3.8, 4) is 11.5 Å². The highest BCUT2D eigenvalue weighted by molar-refractivity contribution is 7.90. The van der Waals surface area contributed by atoms with E-state index in [1.807, 2.05) is 6.92 Å². The van der Waals surface area contributed by atoms with Crippen LogP contribution in [0.5, 0.6) is 11.5 Å². The maximum absolute atomic E-state index is 14.0. The average Bonchev–Trinajstić information content (AvgIpc) is 3.77. The Hall–Kier alpha value is -5.73. The number of H-pyrrole nitrogens is 1. The number of morpholine rings is 1. The molecule has 20 heteroatoms. The summed E-state index contributed by atoms with van der Waals surface area (Å²) >= 11 is 6.54. The van der Waals surface area contributed by atoms with Crippen LogP contribution >= 0.6 is 11.6 Å². The molecule has 1 atom stereocenters. The van der Waals surface area contributed by atoms with Crippen LogP contribution < -0.4 is 19.7 Å². The van der Waals surface area contributed by atoms with Crippen molar-refractivity contribution in [3.05, 3.63) is 117 Å². The number of sulfonamides is 1. The first-order valence-corrected chi connectivity index (χ1v) is 24.0. The number of alkyl halides is 3. The summed E-state index contributed by atoms with van der Waals surface area (Å²) in [4.78, 5) is 39.0. The summed E-state index contributed by atoms with van der Waals surface area (Å²) in [5.41, 5.74) is 2.80. The van der Waals surface area contributed by atoms with Crippen molar-refractivity contribution < 1.29 is 40.8 Å². The van der Waals surface area contributed by atoms with Gasteiger partial charge in [0.1, 0.15) is 22.8 Å². The first kappa shape index (κ1) is 47.8. The number of likely N-dealkylation sites (N-methyl/N-ethyl adjacent to an activating group) is 1. The molecule has 15 nitrogen and oxygen atoms in total. The smallest absolute Gasteiger partial charge is 0.416 e. The number of carbonyl (C=O) groups is 1. The van der Waals surface area contributed by atoms with E-state index < -0.39 is 43.2 Å². The molecule has 3 N–H and O–H groups in total. The number of ether oxygens (including phenoxy) is 2. The van der Waals surface area contributed by atoms with Gasteiger partial charge in [-0.1, -0.05) is 44.0 Å². The second-order valence-electron chi connectivity index (χ2n) is 17.9. The molecule has 1 aliphatic carbocycles. The number of hydrogen-bond donors (Lipinski definition) is 3. The van der Waals surface area contributed by atoms with Crippen LogP contribution in [-0.4, -0.2) is 111 Å². The van der Waals surface area contributed by atoms with Gasteiger partial charge in [0.15, 0.2) is 0 Å². The second kappa shape index (κ2) is 19.5. The number of nitro benzene ring substituents is 1. The number of nitro groups is 1. The zero-order valence-corrected chi connectivity index (χ0v) is 38.9. The molecule has 0 saturated carbocycles. The third-order valence-electron chi connectivity index (χ3n) is 12.8. The van der Waals surface area contributed by atoms with E-state index in [2.05, 4.69) is 48.6 Å². The molecule has 0 bridgehead atoms. The van der Waals surface area contributed by atoms with Gasteiger partial charge in [0.2, 0.25) is 0 Å². The summed E-state index contributed by atoms with van der Waals surface area (Å²) < 4.78 is 82.0. The first-order chi connectivity index (χ1) is 31.9. The molecule has 5 aromatic rings. The molecule has 2 fully saturated rings. The summed E-state index contributed by atoms with van der Waals surface area (Å²) in [5, 5.41) is 16.1. The summed E-state index contributed by atoms with van der Waals surface area (Å²) in [6.45, 7) is 12.3. The molecule has 3 aromatic carbocycles. The number of pyridine rings is 1. The van der Waals surface area contributed by atoms with Gasteiger partial charge in [-0.05, 0) is 90.9 Å². The number of nitrogens with one attached hydrogen (secondary N) is 3. The highest BCUT2D eigenvalue weighted by Crippen LogP contribution is 2.46. The summed E-state index contributed by atoms with van der Waals surface area (Å²) in [5.74, 6) is -0.674. The van der Waals surface area contributed by atoms with Crippen molar-refractivity contribution in [1.29, 1.82) is 0 Å². The van der Waals surface area contributed by atoms with Crippen LogP contribution in [0.4, 0.5) is 30.2 Å². The third kappa shape index (κ3) is 11.0. The Labute approximate surface area is 391 Å². The highest BCUT2D eigenvalue weighted by Gasteiger charge is 2.34. The Kier molecular flexibility index (Phi) is 13.9. The van der Waals surface area contributed by atoms with Crippen LogP contribution in [0.3, 0.4) is 0 Å². The molecule has 3 aliphatic rings. The van der Waals surface area contributed by atoms with Gasteiger partial charge in [-0.2, -0.15) is 13.2 Å². The molecule has 356 valence electrons. The molecule has 0 unspecified atom stereocenters. The number of hydrogen-bond acceptors (Lipinski definition) is 12. The monoisotopic (exact) mass is 964 g/mol. The van der Waals surface area contributed by atoms with Crippen LogP contribution in [0.15, 0.2) is 89.6 Å². The first-order valence-electron chi connectivity index (χ1n) is 22.1. The minimum Gasteiger partial charge on any atom is -0.455 e. The van der Waals surface area contributed by atoms with Crippen LogP contribution in [0.25, 0.3) is 16.6 Å². The molecule has 4 heterocycles. The van der Waals surface area contributed by atoms with Crippen LogP contribution in [0, 0.1) is 15.5 Å². The van der Waals surface area contributed by atoms with Gasteiger partial charge in [0.25, 0.3) is 21.6 Å². The van der Waals surface area contributed by atoms with Crippen molar-refractivity contribution in [1.82, 2.24) is 24.5 Å². The van der Waals surface area contributed by atoms with Gasteiger partial charge in [0.05, 0.1) is 46.4 Å². The van der Waals surface area contributed by atoms with Crippen molar-refractivity contribution in [2.24, 2.45) is 5.41 Å². The maximum atomic E-state index is 14.0. The van der Waals surface area contributed by atoms with Gasteiger partial charge in [0, 0.05) is 80.2 Å². The Morgan fingerprint density at radius 1 is 1.06 bits per heavy atom. The van der Waals surface area contributed by atoms with Crippen LogP contribution in [0.1, 0.15) is 61.5 Å². The van der Waals surface area contributed by atoms with Crippen molar-refractivity contribution >= 4 is 61.2 Å². The normalized spacial score (nSPS) is 18.6. The number of aromatic amines is 1. The lowest BCUT2D eigenvalue weighted by Gasteiger charge is -2.39. The number of rotatable bonds is 14. The van der Waals surface area contributed by atoms with Gasteiger partial charge in [-0.25, -0.2) is 18.1 Å². The van der Waals surface area contributed by atoms with E-state index in [9.17, 15) is 36.5 Å². The Bertz CT molecular complexity index is 2810. The lowest BCUT2D eigenvalue weighted by molar-refractivity contribution is -0.384. The Balaban J connectivity index is 1.00. The number of nitrogens with zero attached hydrogens (tertiary/aromatic N) is 5. The third-order valence-corrected chi connectivity index (χ3v) is 14.4. The number of benzene rings is 3. The lowest BCUT2D eigenvalue weighted by Crippen LogP contribution is -2.48. The van der Waals surface area contributed by atoms with E-state index in [4.69, 9.17) is 21.1 Å². The second-order valence-corrected chi connectivity index (χ2v) is 19.9. The highest BCUT2D eigenvalue weighted by atomic mass is 35.5. The SMILES string of the molecule is CCN1CCOC[C@H]1CNc1ccc(S(=O)(=O)NC(=O)c2ccc(N3CCN(CC4=C(c5ccc(C(F)(F)F)cc5Cl)CC(C)(C)CC4)CC3)cc2Oc2cnc3[nH]ccc3c2)cc1[N+](=O)[O-]. The number of allylic oxidation sites excluding steroid dienone is 1. The van der Waals surface area contributed by atoms with Gasteiger partial charge in [-0.15, -0.1) is 0 Å². The molecule has 67 heavy (non-hydrogen) atoms. The van der Waals surface area contributed by atoms with Gasteiger partial charge >= 0.3 is 6.18 Å². The number of anilines is 2. The fraction of sp³-hybridized carbons (Fsp3) is 0.404. The predicted molar refractivity (Wildman–Crippen MR) is 250 cm³/mol. The number of aromatic nitrogens is 2. The summed E-state index contributed by atoms with van der Waals surface area (Å²) in [6, 6.07) is 15.4. The summed E-state index contributed by atoms with van der Waals surface area (Å²) in [6.07, 6.45) is 1.10. The van der Waals surface area contributed by atoms with E-state index >= 15 is 0 Å². The topological polar surface area (TPSA) is 175 Å². The largest absolute Gasteiger partial charge is 0.455 e. The predicted octanol–water partition coefficient (Wildman–Crippen LogP) is 8.97. The maximum Gasteiger partial charge on any atom is 0.416 e. The van der Waals surface area contributed by atoms with Crippen molar-refractivity contribution in [2.75, 3.05) is 75.8 Å². The molecular formula is C47H52ClF3N8O7S. The molecular weight excluding hydrogens is 913 g/mol. The van der Waals surface area contributed by atoms with Crippen molar-refractivity contribution in [2.45, 2.75) is 57.1 Å². The summed E-state index contributed by atoms with van der Waals surface area (Å²) in [7, 11) is -4.63. The number of carbonyl (C=O) groups excluding carboxylic acids is 1. The quantitative estimate of drug-likeness (QED) is 0.0713. The minimum atomic E-state index is -4.63. The molecule has 0 radical (unpaired) electrons. The Morgan fingerprint density at radius 2 is 1.85 bits per heavy atom. The van der Waals surface area contributed by atoms with Crippen molar-refractivity contribution in [3.63, 3.8) is 0 Å². The molecule has 2 aliphatic heterocycles. The molecule has 2 aromatic heterocycles. The molecule has 2 saturated heterocycles. The van der Waals surface area contributed by atoms with Gasteiger partial charge < -0.3 is 24.7 Å². The molecule has 1 amide bonds. The lowest BCUT2D eigenvalue weighted by atomic mass is 9.72. The number of halogens is 4. The van der Waals surface area contributed by atoms with E-state index in [-0.39, 0.29) is 33.5 Å². The number of piperazine rings is 1. The zero-order valence-electron chi connectivity index (χ0n) is 37.3. The van der Waals surface area contributed by atoms with Crippen LogP contribution in [0.2, 0.25) is 5.02 Å². The van der Waals surface area contributed by atoms with E-state index in [1.54, 1.807) is 30.5 Å². The van der Waals surface area contributed by atoms with Gasteiger partial charge in [-0.3, -0.25) is 24.7 Å². The fourth-order valence-corrected chi connectivity index (χ4v) is 10.3. The fourth-order valence-electron chi connectivity index (χ4n) is 8.98. The minimum absolute atomic E-state index is 0.0356. The molecule has 0 spiro atoms. The van der Waals surface area contributed by atoms with E-state index in [0.717, 1.165) is 60.7 Å². The number of fused-ring (bicyclic) bond motifs is 1. The molecule has 8 rings (SSSR count).